The first-order valence-electron chi connectivity index (χ1n) is 6.15. The maximum atomic E-state index is 12.1. The van der Waals surface area contributed by atoms with E-state index in [0.29, 0.717) is 11.3 Å². The van der Waals surface area contributed by atoms with Gasteiger partial charge in [-0.1, -0.05) is 6.07 Å². The van der Waals surface area contributed by atoms with Gasteiger partial charge in [-0.15, -0.1) is 0 Å². The number of carbonyl (C=O) groups is 1. The number of nitrogens with zero attached hydrogens (tertiary/aromatic N) is 1. The van der Waals surface area contributed by atoms with Gasteiger partial charge in [0.25, 0.3) is 5.91 Å². The van der Waals surface area contributed by atoms with Crippen LogP contribution in [0.3, 0.4) is 0 Å². The van der Waals surface area contributed by atoms with Crippen LogP contribution in [-0.4, -0.2) is 10.9 Å². The van der Waals surface area contributed by atoms with Gasteiger partial charge in [0.1, 0.15) is 0 Å². The van der Waals surface area contributed by atoms with Gasteiger partial charge in [0.2, 0.25) is 0 Å². The highest BCUT2D eigenvalue weighted by Crippen LogP contribution is 2.15. The van der Waals surface area contributed by atoms with E-state index in [2.05, 4.69) is 10.3 Å². The van der Waals surface area contributed by atoms with Gasteiger partial charge < -0.3 is 11.1 Å². The SMILES string of the molecule is Cc1ccc(C(=O)N[C@H](C)c2ccncc2)cc1N. The summed E-state index contributed by atoms with van der Waals surface area (Å²) >= 11 is 0. The standard InChI is InChI=1S/C15H17N3O/c1-10-3-4-13(9-14(10)16)15(19)18-11(2)12-5-7-17-8-6-12/h3-9,11H,16H2,1-2H3,(H,18,19)/t11-/m1/s1. The Bertz CT molecular complexity index is 581. The van der Waals surface area contributed by atoms with Crippen LogP contribution in [0.4, 0.5) is 5.69 Å². The zero-order chi connectivity index (χ0) is 13.8. The molecule has 0 bridgehead atoms. The van der Waals surface area contributed by atoms with Crippen molar-refractivity contribution in [3.8, 4) is 0 Å². The van der Waals surface area contributed by atoms with Crippen molar-refractivity contribution in [3.63, 3.8) is 0 Å². The quantitative estimate of drug-likeness (QED) is 0.828. The van der Waals surface area contributed by atoms with Crippen LogP contribution >= 0.6 is 0 Å². The Morgan fingerprint density at radius 3 is 2.58 bits per heavy atom. The van der Waals surface area contributed by atoms with E-state index < -0.39 is 0 Å². The summed E-state index contributed by atoms with van der Waals surface area (Å²) in [6.45, 7) is 3.85. The third-order valence-electron chi connectivity index (χ3n) is 3.10. The number of pyridine rings is 1. The maximum Gasteiger partial charge on any atom is 0.251 e. The molecule has 2 rings (SSSR count). The summed E-state index contributed by atoms with van der Waals surface area (Å²) in [6.07, 6.45) is 3.42. The monoisotopic (exact) mass is 255 g/mol. The molecule has 0 aliphatic carbocycles. The first-order valence-corrected chi connectivity index (χ1v) is 6.15. The summed E-state index contributed by atoms with van der Waals surface area (Å²) < 4.78 is 0. The average molecular weight is 255 g/mol. The lowest BCUT2D eigenvalue weighted by Gasteiger charge is -2.14. The number of rotatable bonds is 3. The van der Waals surface area contributed by atoms with E-state index in [1.54, 1.807) is 24.5 Å². The summed E-state index contributed by atoms with van der Waals surface area (Å²) in [4.78, 5) is 16.1. The molecule has 98 valence electrons. The second-order valence-corrected chi connectivity index (χ2v) is 4.55. The molecule has 4 nitrogen and oxygen atoms in total. The van der Waals surface area contributed by atoms with Crippen LogP contribution in [0.1, 0.15) is 34.5 Å². The second-order valence-electron chi connectivity index (χ2n) is 4.55. The molecular weight excluding hydrogens is 238 g/mol. The first kappa shape index (κ1) is 13.1. The van der Waals surface area contributed by atoms with Crippen molar-refractivity contribution in [1.82, 2.24) is 10.3 Å². The number of anilines is 1. The van der Waals surface area contributed by atoms with Gasteiger partial charge >= 0.3 is 0 Å². The lowest BCUT2D eigenvalue weighted by molar-refractivity contribution is 0.0940. The normalized spacial score (nSPS) is 11.9. The summed E-state index contributed by atoms with van der Waals surface area (Å²) in [6, 6.07) is 9.02. The average Bonchev–Trinajstić information content (AvgIpc) is 2.42. The van der Waals surface area contributed by atoms with Crippen LogP contribution in [0.25, 0.3) is 0 Å². The van der Waals surface area contributed by atoms with Crippen LogP contribution < -0.4 is 11.1 Å². The number of aryl methyl sites for hydroxylation is 1. The minimum Gasteiger partial charge on any atom is -0.398 e. The Morgan fingerprint density at radius 2 is 1.95 bits per heavy atom. The Morgan fingerprint density at radius 1 is 1.26 bits per heavy atom. The van der Waals surface area contributed by atoms with Crippen LogP contribution in [0, 0.1) is 6.92 Å². The van der Waals surface area contributed by atoms with E-state index in [-0.39, 0.29) is 11.9 Å². The Hall–Kier alpha value is -2.36. The Labute approximate surface area is 112 Å². The maximum absolute atomic E-state index is 12.1. The summed E-state index contributed by atoms with van der Waals surface area (Å²) in [5, 5.41) is 2.94. The molecule has 0 saturated heterocycles. The highest BCUT2D eigenvalue weighted by Gasteiger charge is 2.11. The minimum absolute atomic E-state index is 0.0713. The predicted molar refractivity (Wildman–Crippen MR) is 75.7 cm³/mol. The zero-order valence-corrected chi connectivity index (χ0v) is 11.1. The van der Waals surface area contributed by atoms with Gasteiger partial charge in [-0.25, -0.2) is 0 Å². The number of carbonyl (C=O) groups excluding carboxylic acids is 1. The van der Waals surface area contributed by atoms with E-state index >= 15 is 0 Å². The fourth-order valence-corrected chi connectivity index (χ4v) is 1.80. The van der Waals surface area contributed by atoms with E-state index in [9.17, 15) is 4.79 Å². The van der Waals surface area contributed by atoms with Gasteiger partial charge in [-0.05, 0) is 49.2 Å². The van der Waals surface area contributed by atoms with Crippen molar-refractivity contribution in [2.24, 2.45) is 0 Å². The van der Waals surface area contributed by atoms with E-state index in [0.717, 1.165) is 11.1 Å². The van der Waals surface area contributed by atoms with Gasteiger partial charge in [-0.3, -0.25) is 9.78 Å². The highest BCUT2D eigenvalue weighted by atomic mass is 16.1. The van der Waals surface area contributed by atoms with Gasteiger partial charge in [0, 0.05) is 23.6 Å². The van der Waals surface area contributed by atoms with Crippen molar-refractivity contribution in [2.45, 2.75) is 19.9 Å². The Kier molecular flexibility index (Phi) is 3.80. The summed E-state index contributed by atoms with van der Waals surface area (Å²) in [5.41, 5.74) is 9.00. The summed E-state index contributed by atoms with van der Waals surface area (Å²) in [7, 11) is 0. The van der Waals surface area contributed by atoms with Crippen LogP contribution in [0.2, 0.25) is 0 Å². The molecule has 1 heterocycles. The first-order chi connectivity index (χ1) is 9.08. The van der Waals surface area contributed by atoms with Crippen LogP contribution in [0.15, 0.2) is 42.7 Å². The molecular formula is C15H17N3O. The Balaban J connectivity index is 2.11. The van der Waals surface area contributed by atoms with Crippen molar-refractivity contribution < 1.29 is 4.79 Å². The van der Waals surface area contributed by atoms with Crippen LogP contribution in [-0.2, 0) is 0 Å². The third kappa shape index (κ3) is 3.10. The third-order valence-corrected chi connectivity index (χ3v) is 3.10. The van der Waals surface area contributed by atoms with Crippen molar-refractivity contribution >= 4 is 11.6 Å². The molecule has 0 aliphatic heterocycles. The molecule has 3 N–H and O–H groups in total. The molecule has 0 saturated carbocycles. The van der Waals surface area contributed by atoms with Crippen LogP contribution in [0.5, 0.6) is 0 Å². The van der Waals surface area contributed by atoms with Crippen molar-refractivity contribution in [3.05, 3.63) is 59.4 Å². The molecule has 0 radical (unpaired) electrons. The fourth-order valence-electron chi connectivity index (χ4n) is 1.80. The lowest BCUT2D eigenvalue weighted by atomic mass is 10.1. The molecule has 1 amide bonds. The molecule has 1 atom stereocenters. The number of aromatic nitrogens is 1. The molecule has 0 fully saturated rings. The topological polar surface area (TPSA) is 68.0 Å². The smallest absolute Gasteiger partial charge is 0.251 e. The molecule has 1 aromatic heterocycles. The molecule has 0 unspecified atom stereocenters. The number of amides is 1. The molecule has 19 heavy (non-hydrogen) atoms. The number of nitrogens with two attached hydrogens (primary N) is 1. The van der Waals surface area contributed by atoms with E-state index in [1.165, 1.54) is 0 Å². The van der Waals surface area contributed by atoms with Crippen molar-refractivity contribution in [2.75, 3.05) is 5.73 Å². The van der Waals surface area contributed by atoms with Gasteiger partial charge in [0.05, 0.1) is 6.04 Å². The number of benzene rings is 1. The predicted octanol–water partition coefficient (Wildman–Crippen LogP) is 2.46. The molecule has 1 aromatic carbocycles. The van der Waals surface area contributed by atoms with E-state index in [1.807, 2.05) is 32.0 Å². The van der Waals surface area contributed by atoms with Crippen molar-refractivity contribution in [1.29, 1.82) is 0 Å². The number of nitrogen functional groups attached to an aromatic ring is 1. The van der Waals surface area contributed by atoms with E-state index in [4.69, 9.17) is 5.73 Å². The molecule has 2 aromatic rings. The minimum atomic E-state index is -0.129. The number of hydrogen-bond donors (Lipinski definition) is 2. The van der Waals surface area contributed by atoms with Gasteiger partial charge in [-0.2, -0.15) is 0 Å². The lowest BCUT2D eigenvalue weighted by Crippen LogP contribution is -2.26. The number of nitrogens with one attached hydrogen (secondary N) is 1. The fraction of sp³-hybridized carbons (Fsp3) is 0.200. The molecule has 0 spiro atoms. The number of hydrogen-bond acceptors (Lipinski definition) is 3. The highest BCUT2D eigenvalue weighted by molar-refractivity contribution is 5.95. The second kappa shape index (κ2) is 5.52. The molecule has 4 heteroatoms. The molecule has 0 aliphatic rings. The largest absolute Gasteiger partial charge is 0.398 e. The zero-order valence-electron chi connectivity index (χ0n) is 11.1. The summed E-state index contributed by atoms with van der Waals surface area (Å²) in [5.74, 6) is -0.129. The van der Waals surface area contributed by atoms with Gasteiger partial charge in [0.15, 0.2) is 0 Å².